The van der Waals surface area contributed by atoms with Crippen LogP contribution in [0.4, 0.5) is 0 Å². The second-order valence-electron chi connectivity index (χ2n) is 4.89. The number of rotatable bonds is 2. The van der Waals surface area contributed by atoms with E-state index in [0.717, 1.165) is 10.4 Å². The summed E-state index contributed by atoms with van der Waals surface area (Å²) in [5.41, 5.74) is 0.998. The summed E-state index contributed by atoms with van der Waals surface area (Å²) < 4.78 is 0. The lowest BCUT2D eigenvalue weighted by atomic mass is 9.87. The van der Waals surface area contributed by atoms with Gasteiger partial charge in [-0.15, -0.1) is 11.3 Å². The molecule has 0 bridgehead atoms. The SMILES string of the molecule is Cc1ccsc1C(=O)N1CCC(C(=O)O)C(C)C1. The van der Waals surface area contributed by atoms with Crippen molar-refractivity contribution in [1.29, 1.82) is 0 Å². The topological polar surface area (TPSA) is 57.6 Å². The van der Waals surface area contributed by atoms with Crippen LogP contribution in [0, 0.1) is 18.8 Å². The van der Waals surface area contributed by atoms with E-state index in [0.29, 0.717) is 19.5 Å². The molecule has 4 nitrogen and oxygen atoms in total. The van der Waals surface area contributed by atoms with Crippen LogP contribution >= 0.6 is 11.3 Å². The quantitative estimate of drug-likeness (QED) is 0.894. The third-order valence-corrected chi connectivity index (χ3v) is 4.57. The molecule has 0 spiro atoms. The zero-order valence-corrected chi connectivity index (χ0v) is 11.4. The largest absolute Gasteiger partial charge is 0.481 e. The molecular formula is C13H17NO3S. The number of carbonyl (C=O) groups is 2. The highest BCUT2D eigenvalue weighted by atomic mass is 32.1. The van der Waals surface area contributed by atoms with Gasteiger partial charge in [0.25, 0.3) is 5.91 Å². The van der Waals surface area contributed by atoms with Crippen molar-refractivity contribution in [1.82, 2.24) is 4.90 Å². The van der Waals surface area contributed by atoms with Crippen LogP contribution in [0.3, 0.4) is 0 Å². The molecule has 1 aliphatic rings. The molecule has 1 saturated heterocycles. The Bertz CT molecular complexity index is 469. The molecule has 1 fully saturated rings. The van der Waals surface area contributed by atoms with E-state index in [1.54, 1.807) is 4.90 Å². The van der Waals surface area contributed by atoms with Crippen molar-refractivity contribution in [2.45, 2.75) is 20.3 Å². The maximum Gasteiger partial charge on any atom is 0.306 e. The summed E-state index contributed by atoms with van der Waals surface area (Å²) in [5.74, 6) is -1.01. The van der Waals surface area contributed by atoms with Gasteiger partial charge >= 0.3 is 5.97 Å². The molecule has 2 rings (SSSR count). The van der Waals surface area contributed by atoms with Gasteiger partial charge in [-0.05, 0) is 36.3 Å². The molecule has 2 atom stereocenters. The maximum absolute atomic E-state index is 12.3. The fourth-order valence-electron chi connectivity index (χ4n) is 2.43. The summed E-state index contributed by atoms with van der Waals surface area (Å²) in [6.45, 7) is 4.90. The number of hydrogen-bond acceptors (Lipinski definition) is 3. The number of likely N-dealkylation sites (tertiary alicyclic amines) is 1. The van der Waals surface area contributed by atoms with Crippen LogP contribution in [0.2, 0.25) is 0 Å². The molecule has 1 N–H and O–H groups in total. The highest BCUT2D eigenvalue weighted by molar-refractivity contribution is 7.12. The monoisotopic (exact) mass is 267 g/mol. The van der Waals surface area contributed by atoms with Gasteiger partial charge in [0.2, 0.25) is 0 Å². The fourth-order valence-corrected chi connectivity index (χ4v) is 3.32. The first kappa shape index (κ1) is 13.1. The maximum atomic E-state index is 12.3. The van der Waals surface area contributed by atoms with Crippen molar-refractivity contribution in [2.75, 3.05) is 13.1 Å². The van der Waals surface area contributed by atoms with E-state index in [1.807, 2.05) is 25.3 Å². The summed E-state index contributed by atoms with van der Waals surface area (Å²) in [5, 5.41) is 11.0. The van der Waals surface area contributed by atoms with Crippen LogP contribution in [0.15, 0.2) is 11.4 Å². The first-order chi connectivity index (χ1) is 8.50. The lowest BCUT2D eigenvalue weighted by Crippen LogP contribution is -2.44. The van der Waals surface area contributed by atoms with Gasteiger partial charge in [0.1, 0.15) is 0 Å². The average Bonchev–Trinajstić information content (AvgIpc) is 2.74. The molecule has 0 aliphatic carbocycles. The lowest BCUT2D eigenvalue weighted by molar-refractivity contribution is -0.145. The molecule has 1 aliphatic heterocycles. The Kier molecular flexibility index (Phi) is 3.71. The highest BCUT2D eigenvalue weighted by Gasteiger charge is 2.33. The van der Waals surface area contributed by atoms with Crippen molar-refractivity contribution in [2.24, 2.45) is 11.8 Å². The van der Waals surface area contributed by atoms with Crippen LogP contribution < -0.4 is 0 Å². The second kappa shape index (κ2) is 5.10. The van der Waals surface area contributed by atoms with E-state index in [1.165, 1.54) is 11.3 Å². The molecule has 18 heavy (non-hydrogen) atoms. The second-order valence-corrected chi connectivity index (χ2v) is 5.81. The van der Waals surface area contributed by atoms with Crippen LogP contribution in [0.5, 0.6) is 0 Å². The summed E-state index contributed by atoms with van der Waals surface area (Å²) in [7, 11) is 0. The van der Waals surface area contributed by atoms with E-state index in [4.69, 9.17) is 5.11 Å². The third kappa shape index (κ3) is 2.41. The molecule has 2 heterocycles. The van der Waals surface area contributed by atoms with Gasteiger partial charge in [-0.25, -0.2) is 0 Å². The minimum absolute atomic E-state index is 0.0143. The average molecular weight is 267 g/mol. The zero-order chi connectivity index (χ0) is 13.3. The van der Waals surface area contributed by atoms with Crippen LogP contribution in [-0.4, -0.2) is 35.0 Å². The van der Waals surface area contributed by atoms with Crippen molar-refractivity contribution in [3.63, 3.8) is 0 Å². The number of hydrogen-bond donors (Lipinski definition) is 1. The molecule has 1 amide bonds. The molecular weight excluding hydrogens is 250 g/mol. The molecule has 2 unspecified atom stereocenters. The Labute approximate surface area is 110 Å². The minimum Gasteiger partial charge on any atom is -0.481 e. The Morgan fingerprint density at radius 3 is 2.72 bits per heavy atom. The fraction of sp³-hybridized carbons (Fsp3) is 0.538. The van der Waals surface area contributed by atoms with Gasteiger partial charge in [-0.2, -0.15) is 0 Å². The molecule has 5 heteroatoms. The standard InChI is InChI=1S/C13H17NO3S/c1-8-4-6-18-11(8)12(15)14-5-3-10(13(16)17)9(2)7-14/h4,6,9-10H,3,5,7H2,1-2H3,(H,16,17). The van der Waals surface area contributed by atoms with Gasteiger partial charge in [0.05, 0.1) is 10.8 Å². The molecule has 98 valence electrons. The normalized spacial score (nSPS) is 24.0. The van der Waals surface area contributed by atoms with E-state index in [9.17, 15) is 9.59 Å². The van der Waals surface area contributed by atoms with Gasteiger partial charge in [-0.1, -0.05) is 6.92 Å². The van der Waals surface area contributed by atoms with Crippen molar-refractivity contribution in [3.8, 4) is 0 Å². The Morgan fingerprint density at radius 2 is 2.22 bits per heavy atom. The summed E-state index contributed by atoms with van der Waals surface area (Å²) in [6.07, 6.45) is 0.548. The Hall–Kier alpha value is -1.36. The van der Waals surface area contributed by atoms with E-state index in [2.05, 4.69) is 0 Å². The summed E-state index contributed by atoms with van der Waals surface area (Å²) in [6, 6.07) is 1.94. The first-order valence-corrected chi connectivity index (χ1v) is 6.95. The molecule has 0 saturated carbocycles. The van der Waals surface area contributed by atoms with Gasteiger partial charge < -0.3 is 10.0 Å². The smallest absolute Gasteiger partial charge is 0.306 e. The Balaban J connectivity index is 2.07. The lowest BCUT2D eigenvalue weighted by Gasteiger charge is -2.34. The Morgan fingerprint density at radius 1 is 1.50 bits per heavy atom. The van der Waals surface area contributed by atoms with E-state index >= 15 is 0 Å². The number of amides is 1. The number of thiophene rings is 1. The van der Waals surface area contributed by atoms with Gasteiger partial charge in [0, 0.05) is 13.1 Å². The van der Waals surface area contributed by atoms with Crippen molar-refractivity contribution >= 4 is 23.2 Å². The van der Waals surface area contributed by atoms with Crippen LogP contribution in [0.25, 0.3) is 0 Å². The molecule has 0 aromatic carbocycles. The first-order valence-electron chi connectivity index (χ1n) is 6.07. The number of carboxylic acids is 1. The summed E-state index contributed by atoms with van der Waals surface area (Å²) >= 11 is 1.45. The van der Waals surface area contributed by atoms with Gasteiger partial charge in [-0.3, -0.25) is 9.59 Å². The highest BCUT2D eigenvalue weighted by Crippen LogP contribution is 2.26. The number of nitrogens with zero attached hydrogens (tertiary/aromatic N) is 1. The van der Waals surface area contributed by atoms with E-state index in [-0.39, 0.29) is 17.7 Å². The number of aryl methyl sites for hydroxylation is 1. The predicted molar refractivity (Wildman–Crippen MR) is 69.9 cm³/mol. The molecule has 1 aromatic heterocycles. The number of piperidine rings is 1. The minimum atomic E-state index is -0.748. The van der Waals surface area contributed by atoms with Gasteiger partial charge in [0.15, 0.2) is 0 Å². The third-order valence-electron chi connectivity index (χ3n) is 3.57. The van der Waals surface area contributed by atoms with Crippen LogP contribution in [-0.2, 0) is 4.79 Å². The van der Waals surface area contributed by atoms with Crippen molar-refractivity contribution in [3.05, 3.63) is 21.9 Å². The summed E-state index contributed by atoms with van der Waals surface area (Å²) in [4.78, 5) is 25.9. The van der Waals surface area contributed by atoms with Crippen LogP contribution in [0.1, 0.15) is 28.6 Å². The molecule has 1 aromatic rings. The van der Waals surface area contributed by atoms with Crippen molar-refractivity contribution < 1.29 is 14.7 Å². The number of carbonyl (C=O) groups excluding carboxylic acids is 1. The predicted octanol–water partition coefficient (Wildman–Crippen LogP) is 2.24. The van der Waals surface area contributed by atoms with E-state index < -0.39 is 5.97 Å². The number of carboxylic acid groups (broad SMARTS) is 1. The molecule has 0 radical (unpaired) electrons. The number of aliphatic carboxylic acids is 1. The zero-order valence-electron chi connectivity index (χ0n) is 10.5.